The maximum absolute atomic E-state index is 6.64. The van der Waals surface area contributed by atoms with Crippen molar-refractivity contribution >= 4 is 28.3 Å². The Labute approximate surface area is 156 Å². The molecule has 4 nitrogen and oxygen atoms in total. The average molecular weight is 363 g/mol. The highest BCUT2D eigenvalue weighted by molar-refractivity contribution is 6.34. The molecule has 3 rings (SSSR count). The Morgan fingerprint density at radius 2 is 2.04 bits per heavy atom. The molecule has 5 heteroatoms. The van der Waals surface area contributed by atoms with Gasteiger partial charge in [-0.2, -0.15) is 0 Å². The van der Waals surface area contributed by atoms with Crippen LogP contribution in [-0.2, 0) is 6.42 Å². The first-order valence-electron chi connectivity index (χ1n) is 9.50. The molecule has 1 unspecified atom stereocenters. The van der Waals surface area contributed by atoms with E-state index in [9.17, 15) is 0 Å². The van der Waals surface area contributed by atoms with E-state index in [1.165, 1.54) is 0 Å². The van der Waals surface area contributed by atoms with Crippen LogP contribution in [0.3, 0.4) is 0 Å². The van der Waals surface area contributed by atoms with E-state index in [2.05, 4.69) is 55.5 Å². The van der Waals surface area contributed by atoms with Crippen molar-refractivity contribution in [2.45, 2.75) is 53.5 Å². The van der Waals surface area contributed by atoms with Crippen molar-refractivity contribution in [3.63, 3.8) is 0 Å². The van der Waals surface area contributed by atoms with Crippen molar-refractivity contribution in [1.29, 1.82) is 0 Å². The number of piperazine rings is 1. The van der Waals surface area contributed by atoms with Gasteiger partial charge in [-0.25, -0.2) is 4.98 Å². The number of nitrogens with one attached hydrogen (secondary N) is 1. The van der Waals surface area contributed by atoms with E-state index in [0.29, 0.717) is 6.04 Å². The molecule has 1 atom stereocenters. The molecule has 0 bridgehead atoms. The minimum Gasteiger partial charge on any atom is -0.365 e. The van der Waals surface area contributed by atoms with Crippen molar-refractivity contribution in [3.8, 4) is 0 Å². The van der Waals surface area contributed by atoms with Crippen LogP contribution in [0.5, 0.6) is 0 Å². The number of aromatic amines is 1. The zero-order valence-corrected chi connectivity index (χ0v) is 17.0. The second kappa shape index (κ2) is 7.16. The molecule has 2 aromatic rings. The van der Waals surface area contributed by atoms with Crippen LogP contribution < -0.4 is 4.90 Å². The summed E-state index contributed by atoms with van der Waals surface area (Å²) in [5.74, 6) is 1.05. The van der Waals surface area contributed by atoms with Crippen molar-refractivity contribution in [2.75, 3.05) is 31.1 Å². The summed E-state index contributed by atoms with van der Waals surface area (Å²) in [5, 5.41) is 0.814. The molecule has 1 saturated heterocycles. The van der Waals surface area contributed by atoms with E-state index >= 15 is 0 Å². The summed E-state index contributed by atoms with van der Waals surface area (Å²) in [6.07, 6.45) is 2.09. The van der Waals surface area contributed by atoms with Gasteiger partial charge in [0, 0.05) is 32.1 Å². The lowest BCUT2D eigenvalue weighted by Crippen LogP contribution is -2.51. The number of rotatable bonds is 5. The smallest absolute Gasteiger partial charge is 0.107 e. The quantitative estimate of drug-likeness (QED) is 0.835. The van der Waals surface area contributed by atoms with Crippen LogP contribution >= 0.6 is 11.6 Å². The molecule has 0 amide bonds. The van der Waals surface area contributed by atoms with Crippen LogP contribution in [0.2, 0.25) is 5.02 Å². The second-order valence-electron chi connectivity index (χ2n) is 8.13. The molecule has 1 aliphatic rings. The van der Waals surface area contributed by atoms with Gasteiger partial charge in [0.25, 0.3) is 0 Å². The zero-order valence-electron chi connectivity index (χ0n) is 16.2. The number of imidazole rings is 1. The first-order valence-corrected chi connectivity index (χ1v) is 9.88. The summed E-state index contributed by atoms with van der Waals surface area (Å²) < 4.78 is 0. The Balaban J connectivity index is 1.88. The van der Waals surface area contributed by atoms with Crippen molar-refractivity contribution in [1.82, 2.24) is 14.9 Å². The normalized spacial score (nSPS) is 19.8. The standard InChI is InChI=1S/C20H31ClN4/c1-6-20(4,5)12-19-22-16-10-15(21)18(11-17(16)23-19)25-9-8-24(7-2)13-14(25)3/h10-11,14H,6-9,12-13H2,1-5H3,(H,22,23). The van der Waals surface area contributed by atoms with Gasteiger partial charge < -0.3 is 9.88 Å². The van der Waals surface area contributed by atoms with Crippen LogP contribution in [-0.4, -0.2) is 47.1 Å². The summed E-state index contributed by atoms with van der Waals surface area (Å²) in [4.78, 5) is 13.2. The Morgan fingerprint density at radius 1 is 1.28 bits per heavy atom. The molecule has 1 aromatic heterocycles. The number of H-pyrrole nitrogens is 1. The average Bonchev–Trinajstić information content (AvgIpc) is 2.94. The first-order chi connectivity index (χ1) is 11.8. The number of benzene rings is 1. The molecule has 2 heterocycles. The van der Waals surface area contributed by atoms with E-state index in [4.69, 9.17) is 16.6 Å². The highest BCUT2D eigenvalue weighted by atomic mass is 35.5. The molecule has 0 aliphatic carbocycles. The highest BCUT2D eigenvalue weighted by Gasteiger charge is 2.25. The largest absolute Gasteiger partial charge is 0.365 e. The summed E-state index contributed by atoms with van der Waals surface area (Å²) in [6.45, 7) is 15.6. The molecule has 1 aromatic carbocycles. The number of halogens is 1. The number of likely N-dealkylation sites (N-methyl/N-ethyl adjacent to an activating group) is 1. The van der Waals surface area contributed by atoms with Gasteiger partial charge in [0.15, 0.2) is 0 Å². The van der Waals surface area contributed by atoms with E-state index in [0.717, 1.165) is 66.6 Å². The van der Waals surface area contributed by atoms with Gasteiger partial charge in [-0.15, -0.1) is 0 Å². The first kappa shape index (κ1) is 18.5. The summed E-state index contributed by atoms with van der Waals surface area (Å²) in [6, 6.07) is 4.66. The molecule has 1 N–H and O–H groups in total. The van der Waals surface area contributed by atoms with Crippen LogP contribution in [0.1, 0.15) is 46.9 Å². The Bertz CT molecular complexity index is 737. The van der Waals surface area contributed by atoms with Gasteiger partial charge >= 0.3 is 0 Å². The van der Waals surface area contributed by atoms with Crippen LogP contribution in [0.4, 0.5) is 5.69 Å². The summed E-state index contributed by atoms with van der Waals surface area (Å²) in [5.41, 5.74) is 3.43. The number of nitrogens with zero attached hydrogens (tertiary/aromatic N) is 3. The molecular weight excluding hydrogens is 332 g/mol. The highest BCUT2D eigenvalue weighted by Crippen LogP contribution is 2.33. The van der Waals surface area contributed by atoms with Crippen LogP contribution in [0.25, 0.3) is 11.0 Å². The molecule has 0 spiro atoms. The van der Waals surface area contributed by atoms with Crippen molar-refractivity contribution in [3.05, 3.63) is 23.0 Å². The van der Waals surface area contributed by atoms with Gasteiger partial charge in [0.2, 0.25) is 0 Å². The Hall–Kier alpha value is -1.26. The SMILES string of the molecule is CCN1CCN(c2cc3nc(CC(C)(C)CC)[nH]c3cc2Cl)C(C)C1. The lowest BCUT2D eigenvalue weighted by atomic mass is 9.86. The molecule has 1 aliphatic heterocycles. The van der Waals surface area contributed by atoms with E-state index in [1.807, 2.05) is 6.07 Å². The molecule has 138 valence electrons. The summed E-state index contributed by atoms with van der Waals surface area (Å²) >= 11 is 6.64. The third-order valence-electron chi connectivity index (χ3n) is 5.67. The van der Waals surface area contributed by atoms with E-state index in [1.54, 1.807) is 0 Å². The number of aromatic nitrogens is 2. The zero-order chi connectivity index (χ0) is 18.2. The molecular formula is C20H31ClN4. The van der Waals surface area contributed by atoms with Gasteiger partial charge in [-0.05, 0) is 31.0 Å². The third-order valence-corrected chi connectivity index (χ3v) is 5.97. The molecule has 0 saturated carbocycles. The van der Waals surface area contributed by atoms with Gasteiger partial charge in [0.05, 0.1) is 21.7 Å². The van der Waals surface area contributed by atoms with Gasteiger partial charge in [-0.3, -0.25) is 4.90 Å². The monoisotopic (exact) mass is 362 g/mol. The van der Waals surface area contributed by atoms with Crippen LogP contribution in [0.15, 0.2) is 12.1 Å². The number of hydrogen-bond acceptors (Lipinski definition) is 3. The van der Waals surface area contributed by atoms with E-state index in [-0.39, 0.29) is 5.41 Å². The number of anilines is 1. The molecule has 25 heavy (non-hydrogen) atoms. The predicted molar refractivity (Wildman–Crippen MR) is 108 cm³/mol. The Kier molecular flexibility index (Phi) is 5.31. The number of fused-ring (bicyclic) bond motifs is 1. The Morgan fingerprint density at radius 3 is 2.68 bits per heavy atom. The second-order valence-corrected chi connectivity index (χ2v) is 8.54. The maximum Gasteiger partial charge on any atom is 0.107 e. The lowest BCUT2D eigenvalue weighted by molar-refractivity contribution is 0.240. The van der Waals surface area contributed by atoms with Crippen LogP contribution in [0, 0.1) is 5.41 Å². The lowest BCUT2D eigenvalue weighted by Gasteiger charge is -2.41. The van der Waals surface area contributed by atoms with Crippen molar-refractivity contribution in [2.24, 2.45) is 5.41 Å². The minimum absolute atomic E-state index is 0.255. The maximum atomic E-state index is 6.64. The van der Waals surface area contributed by atoms with E-state index < -0.39 is 0 Å². The molecule has 0 radical (unpaired) electrons. The number of hydrogen-bond donors (Lipinski definition) is 1. The van der Waals surface area contributed by atoms with Gasteiger partial charge in [-0.1, -0.05) is 45.7 Å². The summed E-state index contributed by atoms with van der Waals surface area (Å²) in [7, 11) is 0. The van der Waals surface area contributed by atoms with Gasteiger partial charge in [0.1, 0.15) is 5.82 Å². The minimum atomic E-state index is 0.255. The fraction of sp³-hybridized carbons (Fsp3) is 0.650. The predicted octanol–water partition coefficient (Wildman–Crippen LogP) is 4.73. The fourth-order valence-corrected chi connectivity index (χ4v) is 3.90. The molecule has 1 fully saturated rings. The fourth-order valence-electron chi connectivity index (χ4n) is 3.63. The third kappa shape index (κ3) is 3.95. The van der Waals surface area contributed by atoms with Crippen molar-refractivity contribution < 1.29 is 0 Å². The topological polar surface area (TPSA) is 35.2 Å².